The molecule has 3 aromatic rings. The first-order chi connectivity index (χ1) is 11.7. The Kier molecular flexibility index (Phi) is 4.33. The number of nitrogens with zero attached hydrogens (tertiary/aromatic N) is 2. The first-order valence-corrected chi connectivity index (χ1v) is 7.49. The molecular weight excluding hydrogens is 304 g/mol. The lowest BCUT2D eigenvalue weighted by molar-refractivity contribution is 0.319. The highest BCUT2D eigenvalue weighted by atomic mass is 16.5. The number of hydrogen-bond acceptors (Lipinski definition) is 5. The molecule has 0 fully saturated rings. The lowest BCUT2D eigenvalue weighted by Crippen LogP contribution is -2.01. The van der Waals surface area contributed by atoms with Crippen LogP contribution in [0, 0.1) is 0 Å². The topological polar surface area (TPSA) is 63.9 Å². The predicted molar refractivity (Wildman–Crippen MR) is 94.3 cm³/mol. The Bertz CT molecular complexity index is 920. The summed E-state index contributed by atoms with van der Waals surface area (Å²) in [6, 6.07) is 15.5. The van der Waals surface area contributed by atoms with E-state index < -0.39 is 0 Å². The number of aromatic nitrogens is 1. The van der Waals surface area contributed by atoms with Crippen LogP contribution in [0.25, 0.3) is 22.2 Å². The smallest absolute Gasteiger partial charge is 0.170 e. The van der Waals surface area contributed by atoms with Gasteiger partial charge in [-0.1, -0.05) is 29.4 Å². The van der Waals surface area contributed by atoms with Gasteiger partial charge in [-0.15, -0.1) is 0 Å². The zero-order valence-corrected chi connectivity index (χ0v) is 13.8. The number of ether oxygens (including phenoxy) is 2. The summed E-state index contributed by atoms with van der Waals surface area (Å²) in [4.78, 5) is 4.72. The van der Waals surface area contributed by atoms with Gasteiger partial charge in [0, 0.05) is 16.5 Å². The average Bonchev–Trinajstić information content (AvgIpc) is 2.65. The van der Waals surface area contributed by atoms with E-state index in [9.17, 15) is 0 Å². The Hall–Kier alpha value is -3.08. The van der Waals surface area contributed by atoms with E-state index in [2.05, 4.69) is 5.16 Å². The molecule has 1 aromatic heterocycles. The highest BCUT2D eigenvalue weighted by Crippen LogP contribution is 2.39. The maximum Gasteiger partial charge on any atom is 0.170 e. The lowest BCUT2D eigenvalue weighted by Gasteiger charge is -2.15. The third-order valence-corrected chi connectivity index (χ3v) is 3.92. The molecule has 1 heterocycles. The van der Waals surface area contributed by atoms with Crippen molar-refractivity contribution in [1.29, 1.82) is 0 Å². The van der Waals surface area contributed by atoms with Gasteiger partial charge in [0.15, 0.2) is 11.5 Å². The summed E-state index contributed by atoms with van der Waals surface area (Å²) in [5.41, 5.74) is 3.66. The molecule has 0 aliphatic heterocycles. The van der Waals surface area contributed by atoms with Crippen LogP contribution in [0.15, 0.2) is 53.7 Å². The summed E-state index contributed by atoms with van der Waals surface area (Å²) >= 11 is 0. The molecule has 5 nitrogen and oxygen atoms in total. The fraction of sp³-hybridized carbons (Fsp3) is 0.158. The minimum absolute atomic E-state index is 0.484. The second-order valence-corrected chi connectivity index (χ2v) is 5.33. The van der Waals surface area contributed by atoms with Crippen LogP contribution in [0.5, 0.6) is 11.5 Å². The molecular formula is C19H18N2O3. The maximum absolute atomic E-state index is 9.08. The van der Waals surface area contributed by atoms with Crippen LogP contribution in [0.2, 0.25) is 0 Å². The third kappa shape index (κ3) is 2.76. The molecule has 0 unspecified atom stereocenters. The van der Waals surface area contributed by atoms with Gasteiger partial charge in [0.05, 0.1) is 31.1 Å². The van der Waals surface area contributed by atoms with E-state index in [-0.39, 0.29) is 0 Å². The highest BCUT2D eigenvalue weighted by Gasteiger charge is 2.16. The monoisotopic (exact) mass is 322 g/mol. The number of oxime groups is 1. The standard InChI is InChI=1S/C19H18N2O3/c1-12(21-22)14-10-15(19(24-3)18(11-14)23-2)17-9-8-13-6-4-5-7-16(13)20-17/h4-11,22H,1-3H3/b21-12+. The quantitative estimate of drug-likeness (QED) is 0.446. The van der Waals surface area contributed by atoms with E-state index in [1.807, 2.05) is 42.5 Å². The molecule has 0 spiro atoms. The number of methoxy groups -OCH3 is 2. The second-order valence-electron chi connectivity index (χ2n) is 5.33. The number of para-hydroxylation sites is 1. The van der Waals surface area contributed by atoms with E-state index in [0.29, 0.717) is 17.2 Å². The molecule has 0 radical (unpaired) electrons. The Morgan fingerprint density at radius 2 is 1.83 bits per heavy atom. The highest BCUT2D eigenvalue weighted by molar-refractivity contribution is 6.00. The van der Waals surface area contributed by atoms with Crippen LogP contribution in [0.3, 0.4) is 0 Å². The van der Waals surface area contributed by atoms with E-state index in [1.165, 1.54) is 0 Å². The zero-order valence-electron chi connectivity index (χ0n) is 13.8. The van der Waals surface area contributed by atoms with E-state index in [1.54, 1.807) is 27.2 Å². The number of hydrogen-bond donors (Lipinski definition) is 1. The van der Waals surface area contributed by atoms with Crippen LogP contribution in [0.4, 0.5) is 0 Å². The zero-order chi connectivity index (χ0) is 17.1. The van der Waals surface area contributed by atoms with Gasteiger partial charge in [0.2, 0.25) is 0 Å². The van der Waals surface area contributed by atoms with Crippen LogP contribution in [-0.2, 0) is 0 Å². The van der Waals surface area contributed by atoms with Gasteiger partial charge in [-0.25, -0.2) is 4.98 Å². The van der Waals surface area contributed by atoms with Gasteiger partial charge in [0.1, 0.15) is 0 Å². The molecule has 0 aliphatic carbocycles. The Morgan fingerprint density at radius 1 is 1.04 bits per heavy atom. The summed E-state index contributed by atoms with van der Waals surface area (Å²) in [7, 11) is 3.17. The summed E-state index contributed by atoms with van der Waals surface area (Å²) in [5.74, 6) is 1.15. The van der Waals surface area contributed by atoms with Gasteiger partial charge >= 0.3 is 0 Å². The number of fused-ring (bicyclic) bond motifs is 1. The molecule has 0 bridgehead atoms. The van der Waals surface area contributed by atoms with Crippen molar-refractivity contribution in [2.24, 2.45) is 5.16 Å². The normalized spacial score (nSPS) is 11.5. The van der Waals surface area contributed by atoms with Crippen molar-refractivity contribution in [3.63, 3.8) is 0 Å². The van der Waals surface area contributed by atoms with E-state index in [0.717, 1.165) is 27.7 Å². The number of rotatable bonds is 4. The molecule has 0 aliphatic rings. The summed E-state index contributed by atoms with van der Waals surface area (Å²) < 4.78 is 11.0. The maximum atomic E-state index is 9.08. The van der Waals surface area contributed by atoms with Crippen LogP contribution in [-0.4, -0.2) is 30.1 Å². The molecule has 0 amide bonds. The average molecular weight is 322 g/mol. The molecule has 0 saturated carbocycles. The minimum atomic E-state index is 0.484. The van der Waals surface area contributed by atoms with Crippen molar-refractivity contribution in [2.75, 3.05) is 14.2 Å². The molecule has 2 aromatic carbocycles. The second kappa shape index (κ2) is 6.58. The molecule has 3 rings (SSSR count). The molecule has 1 N–H and O–H groups in total. The van der Waals surface area contributed by atoms with E-state index >= 15 is 0 Å². The number of benzene rings is 2. The Morgan fingerprint density at radius 3 is 2.54 bits per heavy atom. The first-order valence-electron chi connectivity index (χ1n) is 7.49. The molecule has 0 saturated heterocycles. The van der Waals surface area contributed by atoms with Gasteiger partial charge < -0.3 is 14.7 Å². The van der Waals surface area contributed by atoms with Crippen LogP contribution < -0.4 is 9.47 Å². The van der Waals surface area contributed by atoms with Crippen molar-refractivity contribution >= 4 is 16.6 Å². The molecule has 24 heavy (non-hydrogen) atoms. The van der Waals surface area contributed by atoms with Crippen molar-refractivity contribution in [3.05, 3.63) is 54.1 Å². The third-order valence-electron chi connectivity index (χ3n) is 3.92. The molecule has 0 atom stereocenters. The molecule has 122 valence electrons. The Balaban J connectivity index is 2.26. The summed E-state index contributed by atoms with van der Waals surface area (Å²) in [6.07, 6.45) is 0. The fourth-order valence-corrected chi connectivity index (χ4v) is 2.64. The molecule has 5 heteroatoms. The SMILES string of the molecule is COc1cc(/C(C)=N/O)cc(-c2ccc3ccccc3n2)c1OC. The Labute approximate surface area is 140 Å². The van der Waals surface area contributed by atoms with Crippen molar-refractivity contribution in [1.82, 2.24) is 4.98 Å². The van der Waals surface area contributed by atoms with Crippen molar-refractivity contribution < 1.29 is 14.7 Å². The summed E-state index contributed by atoms with van der Waals surface area (Å²) in [6.45, 7) is 1.72. The fourth-order valence-electron chi connectivity index (χ4n) is 2.64. The van der Waals surface area contributed by atoms with Crippen LogP contribution >= 0.6 is 0 Å². The van der Waals surface area contributed by atoms with E-state index in [4.69, 9.17) is 19.7 Å². The number of pyridine rings is 1. The van der Waals surface area contributed by atoms with Gasteiger partial charge in [0.25, 0.3) is 0 Å². The largest absolute Gasteiger partial charge is 0.493 e. The first kappa shape index (κ1) is 15.8. The van der Waals surface area contributed by atoms with Gasteiger partial charge in [-0.2, -0.15) is 0 Å². The summed E-state index contributed by atoms with van der Waals surface area (Å²) in [5, 5.41) is 13.4. The van der Waals surface area contributed by atoms with Gasteiger partial charge in [-0.3, -0.25) is 0 Å². The van der Waals surface area contributed by atoms with Crippen molar-refractivity contribution in [3.8, 4) is 22.8 Å². The van der Waals surface area contributed by atoms with Gasteiger partial charge in [-0.05, 0) is 31.2 Å². The minimum Gasteiger partial charge on any atom is -0.493 e. The van der Waals surface area contributed by atoms with Crippen LogP contribution in [0.1, 0.15) is 12.5 Å². The van der Waals surface area contributed by atoms with Crippen molar-refractivity contribution in [2.45, 2.75) is 6.92 Å². The predicted octanol–water partition coefficient (Wildman–Crippen LogP) is 4.12. The lowest BCUT2D eigenvalue weighted by atomic mass is 10.0.